The minimum absolute atomic E-state index is 0.0280. The van der Waals surface area contributed by atoms with E-state index < -0.39 is 0 Å². The first-order valence-electron chi connectivity index (χ1n) is 9.52. The van der Waals surface area contributed by atoms with Crippen molar-refractivity contribution in [3.63, 3.8) is 0 Å². The number of nitrogens with one attached hydrogen (secondary N) is 1. The van der Waals surface area contributed by atoms with E-state index in [1.165, 1.54) is 5.56 Å². The van der Waals surface area contributed by atoms with Crippen LogP contribution in [0.1, 0.15) is 30.4 Å². The molecule has 1 N–H and O–H groups in total. The molecule has 3 heterocycles. The summed E-state index contributed by atoms with van der Waals surface area (Å²) in [6.45, 7) is 6.52. The van der Waals surface area contributed by atoms with Crippen LogP contribution in [0.3, 0.4) is 0 Å². The Hall–Kier alpha value is -2.08. The summed E-state index contributed by atoms with van der Waals surface area (Å²) in [6, 6.07) is 7.75. The number of aryl methyl sites for hydroxylation is 1. The Labute approximate surface area is 154 Å². The predicted octanol–water partition coefficient (Wildman–Crippen LogP) is 1.92. The molecule has 1 atom stereocenters. The van der Waals surface area contributed by atoms with Gasteiger partial charge in [-0.05, 0) is 31.7 Å². The molecule has 1 spiro atoms. The zero-order valence-electron chi connectivity index (χ0n) is 15.4. The standard InChI is InChI=1S/C20H27N3O3/c1-15-2-4-16(5-3-15)12-22-9-6-17(18(22)24)21-19(25)23-13-20(14-23)7-10-26-11-8-20/h2-5,17H,6-14H2,1H3,(H,21,25). The molecule has 1 unspecified atom stereocenters. The van der Waals surface area contributed by atoms with Crippen molar-refractivity contribution in [2.45, 2.75) is 38.8 Å². The van der Waals surface area contributed by atoms with Gasteiger partial charge in [-0.25, -0.2) is 4.79 Å². The third-order valence-electron chi connectivity index (χ3n) is 5.98. The lowest BCUT2D eigenvalue weighted by atomic mass is 9.73. The van der Waals surface area contributed by atoms with E-state index >= 15 is 0 Å². The van der Waals surface area contributed by atoms with Gasteiger partial charge in [-0.3, -0.25) is 4.79 Å². The molecule has 0 aliphatic carbocycles. The fourth-order valence-electron chi connectivity index (χ4n) is 4.21. The second-order valence-electron chi connectivity index (χ2n) is 8.00. The van der Waals surface area contributed by atoms with Gasteiger partial charge in [-0.2, -0.15) is 0 Å². The fraction of sp³-hybridized carbons (Fsp3) is 0.600. The molecule has 1 aromatic rings. The van der Waals surface area contributed by atoms with Gasteiger partial charge in [0.2, 0.25) is 5.91 Å². The van der Waals surface area contributed by atoms with E-state index in [0.717, 1.165) is 44.7 Å². The maximum absolute atomic E-state index is 12.6. The number of hydrogen-bond acceptors (Lipinski definition) is 3. The Morgan fingerprint density at radius 2 is 1.92 bits per heavy atom. The molecular weight excluding hydrogens is 330 g/mol. The molecule has 26 heavy (non-hydrogen) atoms. The van der Waals surface area contributed by atoms with Gasteiger partial charge >= 0.3 is 6.03 Å². The number of ether oxygens (including phenoxy) is 1. The quantitative estimate of drug-likeness (QED) is 0.899. The summed E-state index contributed by atoms with van der Waals surface area (Å²) in [6.07, 6.45) is 2.75. The van der Waals surface area contributed by atoms with E-state index in [1.54, 1.807) is 0 Å². The topological polar surface area (TPSA) is 61.9 Å². The molecule has 6 heteroatoms. The van der Waals surface area contributed by atoms with E-state index in [-0.39, 0.29) is 23.4 Å². The smallest absolute Gasteiger partial charge is 0.318 e. The van der Waals surface area contributed by atoms with E-state index in [0.29, 0.717) is 19.5 Å². The Morgan fingerprint density at radius 1 is 1.23 bits per heavy atom. The number of nitrogens with zero attached hydrogens (tertiary/aromatic N) is 2. The molecule has 0 aromatic heterocycles. The van der Waals surface area contributed by atoms with Crippen LogP contribution in [0.5, 0.6) is 0 Å². The van der Waals surface area contributed by atoms with Gasteiger partial charge in [0.1, 0.15) is 6.04 Å². The van der Waals surface area contributed by atoms with Crippen molar-refractivity contribution in [1.29, 1.82) is 0 Å². The van der Waals surface area contributed by atoms with Gasteiger partial charge in [-0.15, -0.1) is 0 Å². The first-order chi connectivity index (χ1) is 12.5. The van der Waals surface area contributed by atoms with Crippen LogP contribution in [0.2, 0.25) is 0 Å². The van der Waals surface area contributed by atoms with Gasteiger partial charge < -0.3 is 19.9 Å². The highest BCUT2D eigenvalue weighted by Gasteiger charge is 2.46. The van der Waals surface area contributed by atoms with Gasteiger partial charge in [0.25, 0.3) is 0 Å². The second kappa shape index (κ2) is 6.91. The van der Waals surface area contributed by atoms with E-state index in [9.17, 15) is 9.59 Å². The number of likely N-dealkylation sites (tertiary alicyclic amines) is 2. The Morgan fingerprint density at radius 3 is 2.62 bits per heavy atom. The molecule has 140 valence electrons. The minimum Gasteiger partial charge on any atom is -0.381 e. The molecule has 0 saturated carbocycles. The summed E-state index contributed by atoms with van der Waals surface area (Å²) in [5.41, 5.74) is 2.59. The van der Waals surface area contributed by atoms with Crippen LogP contribution in [-0.2, 0) is 16.1 Å². The number of amides is 3. The third kappa shape index (κ3) is 3.43. The van der Waals surface area contributed by atoms with Crippen LogP contribution in [-0.4, -0.2) is 60.6 Å². The van der Waals surface area contributed by atoms with Gasteiger partial charge in [0, 0.05) is 44.8 Å². The minimum atomic E-state index is -0.390. The zero-order chi connectivity index (χ0) is 18.1. The average Bonchev–Trinajstić information content (AvgIpc) is 2.95. The van der Waals surface area contributed by atoms with Crippen molar-refractivity contribution in [2.75, 3.05) is 32.8 Å². The predicted molar refractivity (Wildman–Crippen MR) is 97.6 cm³/mol. The van der Waals surface area contributed by atoms with Crippen molar-refractivity contribution >= 4 is 11.9 Å². The van der Waals surface area contributed by atoms with Crippen LogP contribution in [0.4, 0.5) is 4.79 Å². The lowest BCUT2D eigenvalue weighted by molar-refractivity contribution is -0.129. The molecule has 4 rings (SSSR count). The number of carbonyl (C=O) groups is 2. The highest BCUT2D eigenvalue weighted by atomic mass is 16.5. The number of carbonyl (C=O) groups excluding carboxylic acids is 2. The molecule has 1 aromatic carbocycles. The third-order valence-corrected chi connectivity index (χ3v) is 5.98. The number of benzene rings is 1. The zero-order valence-corrected chi connectivity index (χ0v) is 15.4. The molecule has 6 nitrogen and oxygen atoms in total. The summed E-state index contributed by atoms with van der Waals surface area (Å²) in [5.74, 6) is 0.0280. The van der Waals surface area contributed by atoms with Gasteiger partial charge in [0.05, 0.1) is 0 Å². The van der Waals surface area contributed by atoms with Crippen molar-refractivity contribution in [3.8, 4) is 0 Å². The van der Waals surface area contributed by atoms with Gasteiger partial charge in [-0.1, -0.05) is 29.8 Å². The maximum atomic E-state index is 12.6. The van der Waals surface area contributed by atoms with Gasteiger partial charge in [0.15, 0.2) is 0 Å². The largest absolute Gasteiger partial charge is 0.381 e. The SMILES string of the molecule is Cc1ccc(CN2CCC(NC(=O)N3CC4(CCOCC4)C3)C2=O)cc1. The van der Waals surface area contributed by atoms with Crippen molar-refractivity contribution < 1.29 is 14.3 Å². The van der Waals surface area contributed by atoms with E-state index in [2.05, 4.69) is 36.5 Å². The fourth-order valence-corrected chi connectivity index (χ4v) is 4.21. The molecule has 3 fully saturated rings. The summed E-state index contributed by atoms with van der Waals surface area (Å²) in [7, 11) is 0. The maximum Gasteiger partial charge on any atom is 0.318 e. The highest BCUT2D eigenvalue weighted by Crippen LogP contribution is 2.39. The molecule has 0 radical (unpaired) electrons. The van der Waals surface area contributed by atoms with Crippen LogP contribution in [0, 0.1) is 12.3 Å². The molecule has 3 amide bonds. The highest BCUT2D eigenvalue weighted by molar-refractivity contribution is 5.88. The van der Waals surface area contributed by atoms with E-state index in [1.807, 2.05) is 9.80 Å². The molecule has 3 aliphatic heterocycles. The van der Waals surface area contributed by atoms with Crippen LogP contribution >= 0.6 is 0 Å². The second-order valence-corrected chi connectivity index (χ2v) is 8.00. The van der Waals surface area contributed by atoms with E-state index in [4.69, 9.17) is 4.74 Å². The van der Waals surface area contributed by atoms with Crippen molar-refractivity contribution in [2.24, 2.45) is 5.41 Å². The Balaban J connectivity index is 1.27. The summed E-state index contributed by atoms with van der Waals surface area (Å²) >= 11 is 0. The molecular formula is C20H27N3O3. The average molecular weight is 357 g/mol. The number of rotatable bonds is 3. The molecule has 3 aliphatic rings. The lowest BCUT2D eigenvalue weighted by Crippen LogP contribution is -2.63. The summed E-state index contributed by atoms with van der Waals surface area (Å²) in [5, 5.41) is 2.94. The van der Waals surface area contributed by atoms with Crippen LogP contribution in [0.15, 0.2) is 24.3 Å². The lowest BCUT2D eigenvalue weighted by Gasteiger charge is -2.52. The Kier molecular flexibility index (Phi) is 4.61. The summed E-state index contributed by atoms with van der Waals surface area (Å²) in [4.78, 5) is 28.8. The van der Waals surface area contributed by atoms with Crippen molar-refractivity contribution in [3.05, 3.63) is 35.4 Å². The van der Waals surface area contributed by atoms with Crippen LogP contribution < -0.4 is 5.32 Å². The number of hydrogen-bond donors (Lipinski definition) is 1. The Bertz CT molecular complexity index is 674. The number of urea groups is 1. The monoisotopic (exact) mass is 357 g/mol. The van der Waals surface area contributed by atoms with Crippen LogP contribution in [0.25, 0.3) is 0 Å². The van der Waals surface area contributed by atoms with Crippen molar-refractivity contribution in [1.82, 2.24) is 15.1 Å². The first-order valence-corrected chi connectivity index (χ1v) is 9.52. The normalized spacial score (nSPS) is 24.7. The molecule has 0 bridgehead atoms. The first kappa shape index (κ1) is 17.3. The molecule has 3 saturated heterocycles. The summed E-state index contributed by atoms with van der Waals surface area (Å²) < 4.78 is 5.42.